The minimum Gasteiger partial charge on any atom is -0.486 e. The molecule has 2 atom stereocenters. The van der Waals surface area contributed by atoms with Gasteiger partial charge in [0.2, 0.25) is 21.8 Å². The predicted molar refractivity (Wildman–Crippen MR) is 120 cm³/mol. The number of benzene rings is 2. The van der Waals surface area contributed by atoms with Crippen LogP contribution in [0.25, 0.3) is 0 Å². The molecule has 176 valence electrons. The number of carbonyl (C=O) groups excluding carboxylic acids is 2. The summed E-state index contributed by atoms with van der Waals surface area (Å²) in [5, 5.41) is 0. The molecule has 2 aliphatic heterocycles. The minimum absolute atomic E-state index is 0.0220. The van der Waals surface area contributed by atoms with Crippen LogP contribution in [0.15, 0.2) is 53.4 Å². The Bertz CT molecular complexity index is 1120. The summed E-state index contributed by atoms with van der Waals surface area (Å²) in [6.07, 6.45) is 1.42. The molecule has 10 heteroatoms. The normalized spacial score (nSPS) is 19.0. The molecule has 2 amide bonds. The highest BCUT2D eigenvalue weighted by atomic mass is 32.2. The van der Waals surface area contributed by atoms with Crippen molar-refractivity contribution in [1.82, 2.24) is 9.62 Å². The average Bonchev–Trinajstić information content (AvgIpc) is 2.83. The van der Waals surface area contributed by atoms with Crippen molar-refractivity contribution in [3.05, 3.63) is 54.1 Å². The van der Waals surface area contributed by atoms with Crippen LogP contribution < -0.4 is 19.9 Å². The van der Waals surface area contributed by atoms with Crippen molar-refractivity contribution in [1.29, 1.82) is 0 Å². The third-order valence-electron chi connectivity index (χ3n) is 5.84. The van der Waals surface area contributed by atoms with Crippen LogP contribution >= 0.6 is 0 Å². The van der Waals surface area contributed by atoms with Crippen LogP contribution in [0.2, 0.25) is 0 Å². The highest BCUT2D eigenvalue weighted by Crippen LogP contribution is 2.32. The summed E-state index contributed by atoms with van der Waals surface area (Å²) in [4.78, 5) is 26.6. The molecule has 1 saturated heterocycles. The molecule has 3 N–H and O–H groups in total. The number of rotatable bonds is 7. The van der Waals surface area contributed by atoms with Gasteiger partial charge in [0.1, 0.15) is 19.3 Å². The smallest absolute Gasteiger partial charge is 0.241 e. The SMILES string of the molecule is NC(=O)[C@@H]1CCCN(C(=O)[C@H](Cc2ccccc2)NS(=O)(=O)c2ccc3c(c2)OCCO3)C1. The Kier molecular flexibility index (Phi) is 6.85. The molecule has 0 aliphatic carbocycles. The van der Waals surface area contributed by atoms with Crippen molar-refractivity contribution in [2.24, 2.45) is 11.7 Å². The van der Waals surface area contributed by atoms with E-state index in [0.29, 0.717) is 44.1 Å². The van der Waals surface area contributed by atoms with E-state index in [2.05, 4.69) is 4.72 Å². The van der Waals surface area contributed by atoms with Crippen LogP contribution in [-0.2, 0) is 26.0 Å². The third-order valence-corrected chi connectivity index (χ3v) is 7.31. The Morgan fingerprint density at radius 3 is 2.55 bits per heavy atom. The van der Waals surface area contributed by atoms with Crippen molar-refractivity contribution in [3.8, 4) is 11.5 Å². The van der Waals surface area contributed by atoms with E-state index in [-0.39, 0.29) is 23.8 Å². The molecule has 0 saturated carbocycles. The maximum Gasteiger partial charge on any atom is 0.241 e. The van der Waals surface area contributed by atoms with Gasteiger partial charge in [0, 0.05) is 19.2 Å². The Morgan fingerprint density at radius 2 is 1.82 bits per heavy atom. The van der Waals surface area contributed by atoms with E-state index in [9.17, 15) is 18.0 Å². The van der Waals surface area contributed by atoms with Crippen molar-refractivity contribution in [2.75, 3.05) is 26.3 Å². The summed E-state index contributed by atoms with van der Waals surface area (Å²) < 4.78 is 40.0. The third kappa shape index (κ3) is 5.45. The quantitative estimate of drug-likeness (QED) is 0.619. The van der Waals surface area contributed by atoms with Crippen LogP contribution in [0.5, 0.6) is 11.5 Å². The monoisotopic (exact) mass is 473 g/mol. The van der Waals surface area contributed by atoms with Gasteiger partial charge in [-0.2, -0.15) is 4.72 Å². The van der Waals surface area contributed by atoms with Crippen LogP contribution in [0.4, 0.5) is 0 Å². The summed E-state index contributed by atoms with van der Waals surface area (Å²) >= 11 is 0. The molecule has 0 spiro atoms. The summed E-state index contributed by atoms with van der Waals surface area (Å²) in [5.41, 5.74) is 6.26. The molecule has 0 radical (unpaired) electrons. The second-order valence-corrected chi connectivity index (χ2v) is 9.91. The molecule has 2 aromatic carbocycles. The van der Waals surface area contributed by atoms with E-state index in [0.717, 1.165) is 5.56 Å². The van der Waals surface area contributed by atoms with Crippen LogP contribution in [0.1, 0.15) is 18.4 Å². The van der Waals surface area contributed by atoms with Crippen molar-refractivity contribution in [3.63, 3.8) is 0 Å². The fourth-order valence-electron chi connectivity index (χ4n) is 4.11. The van der Waals surface area contributed by atoms with Gasteiger partial charge in [-0.15, -0.1) is 0 Å². The first kappa shape index (κ1) is 23.1. The molecule has 9 nitrogen and oxygen atoms in total. The Morgan fingerprint density at radius 1 is 1.09 bits per heavy atom. The van der Waals surface area contributed by atoms with Crippen LogP contribution in [0, 0.1) is 5.92 Å². The number of amides is 2. The van der Waals surface area contributed by atoms with E-state index in [4.69, 9.17) is 15.2 Å². The lowest BCUT2D eigenvalue weighted by Crippen LogP contribution is -2.53. The van der Waals surface area contributed by atoms with Gasteiger partial charge < -0.3 is 20.1 Å². The average molecular weight is 474 g/mol. The maximum absolute atomic E-state index is 13.4. The van der Waals surface area contributed by atoms with Gasteiger partial charge in [-0.25, -0.2) is 8.42 Å². The Labute approximate surface area is 192 Å². The predicted octanol–water partition coefficient (Wildman–Crippen LogP) is 1.07. The molecular formula is C23H27N3O6S. The molecule has 0 bridgehead atoms. The molecule has 2 heterocycles. The lowest BCUT2D eigenvalue weighted by atomic mass is 9.96. The number of carbonyl (C=O) groups is 2. The number of ether oxygens (including phenoxy) is 2. The number of sulfonamides is 1. The number of hydrogen-bond acceptors (Lipinski definition) is 6. The fraction of sp³-hybridized carbons (Fsp3) is 0.391. The lowest BCUT2D eigenvalue weighted by Gasteiger charge is -2.34. The van der Waals surface area contributed by atoms with E-state index >= 15 is 0 Å². The Balaban J connectivity index is 1.59. The van der Waals surface area contributed by atoms with E-state index in [1.165, 1.54) is 17.0 Å². The lowest BCUT2D eigenvalue weighted by molar-refractivity contribution is -0.136. The molecule has 1 fully saturated rings. The highest BCUT2D eigenvalue weighted by Gasteiger charge is 2.34. The summed E-state index contributed by atoms with van der Waals surface area (Å²) in [7, 11) is -4.05. The molecule has 4 rings (SSSR count). The highest BCUT2D eigenvalue weighted by molar-refractivity contribution is 7.89. The van der Waals surface area contributed by atoms with E-state index < -0.39 is 27.9 Å². The van der Waals surface area contributed by atoms with Crippen molar-refractivity contribution < 1.29 is 27.5 Å². The number of piperidine rings is 1. The van der Waals surface area contributed by atoms with Crippen molar-refractivity contribution >= 4 is 21.8 Å². The zero-order valence-corrected chi connectivity index (χ0v) is 18.9. The number of fused-ring (bicyclic) bond motifs is 1. The largest absolute Gasteiger partial charge is 0.486 e. The number of likely N-dealkylation sites (tertiary alicyclic amines) is 1. The van der Waals surface area contributed by atoms with Crippen LogP contribution in [-0.4, -0.2) is 57.5 Å². The zero-order chi connectivity index (χ0) is 23.4. The number of nitrogens with two attached hydrogens (primary N) is 1. The fourth-order valence-corrected chi connectivity index (χ4v) is 5.31. The van der Waals surface area contributed by atoms with Gasteiger partial charge in [0.05, 0.1) is 10.8 Å². The first-order valence-electron chi connectivity index (χ1n) is 10.9. The summed E-state index contributed by atoms with van der Waals surface area (Å²) in [6, 6.07) is 12.5. The van der Waals surface area contributed by atoms with E-state index in [1.807, 2.05) is 30.3 Å². The van der Waals surface area contributed by atoms with Crippen molar-refractivity contribution in [2.45, 2.75) is 30.2 Å². The van der Waals surface area contributed by atoms with Gasteiger partial charge >= 0.3 is 0 Å². The number of nitrogens with one attached hydrogen (secondary N) is 1. The standard InChI is InChI=1S/C23H27N3O6S/c24-22(27)17-7-4-10-26(15-17)23(28)19(13-16-5-2-1-3-6-16)25-33(29,30)18-8-9-20-21(14-18)32-12-11-31-20/h1-3,5-6,8-9,14,17,19,25H,4,7,10-13,15H2,(H2,24,27)/t17-,19+/m1/s1. The molecule has 33 heavy (non-hydrogen) atoms. The second kappa shape index (κ2) is 9.80. The van der Waals surface area contributed by atoms with Gasteiger partial charge in [-0.3, -0.25) is 9.59 Å². The Hall–Kier alpha value is -3.11. The first-order valence-corrected chi connectivity index (χ1v) is 12.4. The summed E-state index contributed by atoms with van der Waals surface area (Å²) in [5.74, 6) is -0.456. The number of primary amides is 1. The topological polar surface area (TPSA) is 128 Å². The van der Waals surface area contributed by atoms with Crippen LogP contribution in [0.3, 0.4) is 0 Å². The summed E-state index contributed by atoms with van der Waals surface area (Å²) in [6.45, 7) is 1.35. The molecule has 0 unspecified atom stereocenters. The first-order chi connectivity index (χ1) is 15.8. The van der Waals surface area contributed by atoms with Gasteiger partial charge in [0.15, 0.2) is 11.5 Å². The number of hydrogen-bond donors (Lipinski definition) is 2. The molecule has 2 aromatic rings. The van der Waals surface area contributed by atoms with E-state index in [1.54, 1.807) is 6.07 Å². The molecule has 0 aromatic heterocycles. The molecule has 2 aliphatic rings. The maximum atomic E-state index is 13.4. The number of nitrogens with zero attached hydrogens (tertiary/aromatic N) is 1. The second-order valence-electron chi connectivity index (χ2n) is 8.19. The minimum atomic E-state index is -4.05. The van der Waals surface area contributed by atoms with Gasteiger partial charge in [-0.1, -0.05) is 30.3 Å². The van der Waals surface area contributed by atoms with Gasteiger partial charge in [-0.05, 0) is 37.0 Å². The zero-order valence-electron chi connectivity index (χ0n) is 18.1. The molecular weight excluding hydrogens is 446 g/mol. The van der Waals surface area contributed by atoms with Gasteiger partial charge in [0.25, 0.3) is 0 Å².